The molecule has 0 saturated carbocycles. The van der Waals surface area contributed by atoms with Gasteiger partial charge >= 0.3 is 0 Å². The fourth-order valence-corrected chi connectivity index (χ4v) is 2.73. The van der Waals surface area contributed by atoms with Crippen molar-refractivity contribution in [1.29, 1.82) is 0 Å². The summed E-state index contributed by atoms with van der Waals surface area (Å²) in [4.78, 5) is 28.5. The fraction of sp³-hybridized carbons (Fsp3) is 0.200. The van der Waals surface area contributed by atoms with Gasteiger partial charge in [-0.15, -0.1) is 6.58 Å². The van der Waals surface area contributed by atoms with E-state index in [-0.39, 0.29) is 23.0 Å². The lowest BCUT2D eigenvalue weighted by Crippen LogP contribution is -2.33. The van der Waals surface area contributed by atoms with E-state index in [1.807, 2.05) is 24.3 Å². The number of carbonyl (C=O) groups is 2. The SMILES string of the molecule is C=CCNC(=O)CC1Nc2c3ccccc3nc(=S)n2C1=O. The Labute approximate surface area is 131 Å². The van der Waals surface area contributed by atoms with E-state index in [2.05, 4.69) is 22.2 Å². The Bertz CT molecular complexity index is 843. The molecule has 7 heteroatoms. The van der Waals surface area contributed by atoms with Crippen molar-refractivity contribution in [2.75, 3.05) is 11.9 Å². The Hall–Kier alpha value is -2.54. The highest BCUT2D eigenvalue weighted by Gasteiger charge is 2.33. The third-order valence-corrected chi connectivity index (χ3v) is 3.73. The lowest BCUT2D eigenvalue weighted by atomic mass is 10.2. The number of anilines is 1. The molecular formula is C15H14N4O2S. The summed E-state index contributed by atoms with van der Waals surface area (Å²) in [6.07, 6.45) is 1.63. The van der Waals surface area contributed by atoms with Crippen molar-refractivity contribution < 1.29 is 9.59 Å². The predicted molar refractivity (Wildman–Crippen MR) is 86.4 cm³/mol. The van der Waals surface area contributed by atoms with Crippen LogP contribution in [0.2, 0.25) is 0 Å². The van der Waals surface area contributed by atoms with E-state index in [1.54, 1.807) is 6.08 Å². The summed E-state index contributed by atoms with van der Waals surface area (Å²) >= 11 is 5.20. The number of amides is 1. The number of benzene rings is 1. The number of aromatic nitrogens is 2. The van der Waals surface area contributed by atoms with Crippen molar-refractivity contribution in [2.45, 2.75) is 12.5 Å². The Morgan fingerprint density at radius 1 is 1.50 bits per heavy atom. The molecule has 2 aromatic rings. The van der Waals surface area contributed by atoms with Crippen molar-refractivity contribution in [3.63, 3.8) is 0 Å². The van der Waals surface area contributed by atoms with Crippen LogP contribution in [0.5, 0.6) is 0 Å². The minimum atomic E-state index is -0.640. The van der Waals surface area contributed by atoms with Crippen LogP contribution in [0.4, 0.5) is 5.82 Å². The van der Waals surface area contributed by atoms with Gasteiger partial charge in [0, 0.05) is 11.9 Å². The Kier molecular flexibility index (Phi) is 3.72. The first-order valence-electron chi connectivity index (χ1n) is 6.82. The number of nitrogens with zero attached hydrogens (tertiary/aromatic N) is 2. The van der Waals surface area contributed by atoms with E-state index >= 15 is 0 Å². The largest absolute Gasteiger partial charge is 0.358 e. The molecule has 3 rings (SSSR count). The van der Waals surface area contributed by atoms with Crippen LogP contribution in [0.15, 0.2) is 36.9 Å². The van der Waals surface area contributed by atoms with E-state index in [4.69, 9.17) is 12.2 Å². The second kappa shape index (κ2) is 5.69. The maximum Gasteiger partial charge on any atom is 0.257 e. The van der Waals surface area contributed by atoms with Gasteiger partial charge < -0.3 is 10.6 Å². The van der Waals surface area contributed by atoms with Crippen molar-refractivity contribution >= 4 is 40.8 Å². The highest BCUT2D eigenvalue weighted by Crippen LogP contribution is 2.28. The monoisotopic (exact) mass is 314 g/mol. The van der Waals surface area contributed by atoms with Gasteiger partial charge in [-0.2, -0.15) is 0 Å². The molecule has 1 atom stereocenters. The lowest BCUT2D eigenvalue weighted by molar-refractivity contribution is -0.120. The molecule has 0 spiro atoms. The molecule has 2 heterocycles. The van der Waals surface area contributed by atoms with Gasteiger partial charge in [0.05, 0.1) is 11.9 Å². The molecule has 0 radical (unpaired) electrons. The molecule has 1 aliphatic heterocycles. The number of nitrogens with one attached hydrogen (secondary N) is 2. The normalized spacial score (nSPS) is 16.2. The summed E-state index contributed by atoms with van der Waals surface area (Å²) in [5, 5.41) is 6.56. The van der Waals surface area contributed by atoms with Gasteiger partial charge in [0.2, 0.25) is 10.7 Å². The summed E-state index contributed by atoms with van der Waals surface area (Å²) in [6.45, 7) is 3.91. The van der Waals surface area contributed by atoms with E-state index in [0.29, 0.717) is 12.4 Å². The highest BCUT2D eigenvalue weighted by atomic mass is 32.1. The van der Waals surface area contributed by atoms with Gasteiger partial charge in [0.1, 0.15) is 11.9 Å². The number of hydrogen-bond donors (Lipinski definition) is 2. The molecule has 1 unspecified atom stereocenters. The second-order valence-corrected chi connectivity index (χ2v) is 5.29. The van der Waals surface area contributed by atoms with Crippen molar-refractivity contribution in [1.82, 2.24) is 14.9 Å². The van der Waals surface area contributed by atoms with E-state index in [9.17, 15) is 9.59 Å². The van der Waals surface area contributed by atoms with Gasteiger partial charge in [-0.25, -0.2) is 9.55 Å². The van der Waals surface area contributed by atoms with Crippen LogP contribution in [0.3, 0.4) is 0 Å². The Morgan fingerprint density at radius 3 is 3.05 bits per heavy atom. The minimum absolute atomic E-state index is 0.0391. The van der Waals surface area contributed by atoms with Gasteiger partial charge in [-0.05, 0) is 24.4 Å². The van der Waals surface area contributed by atoms with Crippen molar-refractivity contribution in [3.8, 4) is 0 Å². The summed E-state index contributed by atoms with van der Waals surface area (Å²) in [5.74, 6) is 0.122. The molecule has 2 N–H and O–H groups in total. The molecule has 0 fully saturated rings. The van der Waals surface area contributed by atoms with Crippen LogP contribution in [-0.4, -0.2) is 34.0 Å². The molecule has 1 amide bonds. The standard InChI is InChI=1S/C15H14N4O2S/c1-2-7-16-12(20)8-11-14(21)19-13(17-11)9-5-3-4-6-10(9)18-15(19)22/h2-6,11,17H,1,7-8H2,(H,16,20). The molecule has 6 nitrogen and oxygen atoms in total. The molecule has 0 bridgehead atoms. The summed E-state index contributed by atoms with van der Waals surface area (Å²) in [5.41, 5.74) is 0.718. The number of para-hydroxylation sites is 1. The van der Waals surface area contributed by atoms with Gasteiger partial charge in [-0.1, -0.05) is 18.2 Å². The average Bonchev–Trinajstić information content (AvgIpc) is 2.83. The fourth-order valence-electron chi connectivity index (χ4n) is 2.45. The number of fused-ring (bicyclic) bond motifs is 3. The zero-order valence-corrected chi connectivity index (χ0v) is 12.5. The van der Waals surface area contributed by atoms with Crippen LogP contribution in [0, 0.1) is 4.77 Å². The quantitative estimate of drug-likeness (QED) is 0.666. The maximum atomic E-state index is 12.5. The topological polar surface area (TPSA) is 76.0 Å². The van der Waals surface area contributed by atoms with Crippen molar-refractivity contribution in [2.24, 2.45) is 0 Å². The van der Waals surface area contributed by atoms with Gasteiger partial charge in [-0.3, -0.25) is 9.59 Å². The zero-order valence-electron chi connectivity index (χ0n) is 11.7. The van der Waals surface area contributed by atoms with Gasteiger partial charge in [0.25, 0.3) is 5.91 Å². The Morgan fingerprint density at radius 2 is 2.27 bits per heavy atom. The second-order valence-electron chi connectivity index (χ2n) is 4.93. The van der Waals surface area contributed by atoms with E-state index < -0.39 is 6.04 Å². The Balaban J connectivity index is 1.95. The lowest BCUT2D eigenvalue weighted by Gasteiger charge is -2.08. The molecule has 112 valence electrons. The van der Waals surface area contributed by atoms with Crippen LogP contribution in [0.1, 0.15) is 11.2 Å². The molecule has 0 saturated heterocycles. The number of rotatable bonds is 4. The third-order valence-electron chi connectivity index (χ3n) is 3.45. The average molecular weight is 314 g/mol. The molecule has 22 heavy (non-hydrogen) atoms. The number of carbonyl (C=O) groups excluding carboxylic acids is 2. The molecule has 1 aliphatic rings. The highest BCUT2D eigenvalue weighted by molar-refractivity contribution is 7.71. The van der Waals surface area contributed by atoms with Crippen LogP contribution in [-0.2, 0) is 4.79 Å². The van der Waals surface area contributed by atoms with E-state index in [0.717, 1.165) is 10.9 Å². The maximum absolute atomic E-state index is 12.5. The predicted octanol–water partition coefficient (Wildman–Crippen LogP) is 1.89. The first kappa shape index (κ1) is 14.4. The summed E-state index contributed by atoms with van der Waals surface area (Å²) in [7, 11) is 0. The molecule has 1 aromatic carbocycles. The minimum Gasteiger partial charge on any atom is -0.358 e. The van der Waals surface area contributed by atoms with Crippen LogP contribution < -0.4 is 10.6 Å². The van der Waals surface area contributed by atoms with E-state index in [1.165, 1.54) is 4.57 Å². The van der Waals surface area contributed by atoms with Crippen molar-refractivity contribution in [3.05, 3.63) is 41.7 Å². The molecule has 0 aliphatic carbocycles. The molecule has 1 aromatic heterocycles. The first-order chi connectivity index (χ1) is 10.6. The van der Waals surface area contributed by atoms with Gasteiger partial charge in [0.15, 0.2) is 0 Å². The first-order valence-corrected chi connectivity index (χ1v) is 7.23. The summed E-state index contributed by atoms with van der Waals surface area (Å²) in [6, 6.07) is 6.78. The smallest absolute Gasteiger partial charge is 0.257 e. The number of hydrogen-bond acceptors (Lipinski definition) is 5. The summed E-state index contributed by atoms with van der Waals surface area (Å²) < 4.78 is 1.56. The third kappa shape index (κ3) is 2.39. The molecular weight excluding hydrogens is 300 g/mol. The van der Waals surface area contributed by atoms with Crippen LogP contribution >= 0.6 is 12.2 Å². The van der Waals surface area contributed by atoms with Crippen LogP contribution in [0.25, 0.3) is 10.9 Å². The zero-order chi connectivity index (χ0) is 15.7.